The molecule has 0 N–H and O–H groups in total. The Kier molecular flexibility index (Phi) is 3.99. The minimum atomic E-state index is 0.103. The Hall–Kier alpha value is -2.68. The van der Waals surface area contributed by atoms with Gasteiger partial charge in [0.25, 0.3) is 5.91 Å². The zero-order valence-electron chi connectivity index (χ0n) is 13.6. The molecule has 0 atom stereocenters. The monoisotopic (exact) mass is 316 g/mol. The molecule has 3 nitrogen and oxygen atoms in total. The van der Waals surface area contributed by atoms with E-state index in [1.807, 2.05) is 35.4 Å². The summed E-state index contributed by atoms with van der Waals surface area (Å²) in [5.41, 5.74) is 2.10. The van der Waals surface area contributed by atoms with Crippen molar-refractivity contribution in [1.29, 1.82) is 0 Å². The zero-order chi connectivity index (χ0) is 16.4. The van der Waals surface area contributed by atoms with Crippen molar-refractivity contribution in [3.05, 3.63) is 78.1 Å². The first-order valence-corrected chi connectivity index (χ1v) is 8.50. The second-order valence-electron chi connectivity index (χ2n) is 6.39. The van der Waals surface area contributed by atoms with Crippen LogP contribution in [-0.4, -0.2) is 28.9 Å². The highest BCUT2D eigenvalue weighted by atomic mass is 16.2. The predicted molar refractivity (Wildman–Crippen MR) is 96.1 cm³/mol. The Bertz CT molecular complexity index is 847. The second-order valence-corrected chi connectivity index (χ2v) is 6.39. The first kappa shape index (κ1) is 14.9. The van der Waals surface area contributed by atoms with Crippen molar-refractivity contribution in [3.63, 3.8) is 0 Å². The standard InChI is InChI=1S/C21H20N2O/c24-21(20-15-22-14-18-8-4-5-9-19(18)20)23-12-10-17(11-13-23)16-6-2-1-3-7-16/h1-9,14-15,17H,10-13H2. The number of hydrogen-bond donors (Lipinski definition) is 0. The number of amides is 1. The lowest BCUT2D eigenvalue weighted by Crippen LogP contribution is -2.38. The van der Waals surface area contributed by atoms with E-state index in [4.69, 9.17) is 0 Å². The summed E-state index contributed by atoms with van der Waals surface area (Å²) in [7, 11) is 0. The van der Waals surface area contributed by atoms with Crippen molar-refractivity contribution in [2.45, 2.75) is 18.8 Å². The topological polar surface area (TPSA) is 33.2 Å². The minimum absolute atomic E-state index is 0.103. The van der Waals surface area contributed by atoms with Gasteiger partial charge < -0.3 is 4.90 Å². The highest BCUT2D eigenvalue weighted by Gasteiger charge is 2.25. The summed E-state index contributed by atoms with van der Waals surface area (Å²) in [6.07, 6.45) is 5.56. The summed E-state index contributed by atoms with van der Waals surface area (Å²) in [5, 5.41) is 2.00. The van der Waals surface area contributed by atoms with E-state index in [-0.39, 0.29) is 5.91 Å². The maximum absolute atomic E-state index is 12.9. The van der Waals surface area contributed by atoms with Gasteiger partial charge in [0.05, 0.1) is 5.56 Å². The van der Waals surface area contributed by atoms with Crippen molar-refractivity contribution in [3.8, 4) is 0 Å². The van der Waals surface area contributed by atoms with E-state index < -0.39 is 0 Å². The first-order chi connectivity index (χ1) is 11.8. The van der Waals surface area contributed by atoms with Gasteiger partial charge in [0.2, 0.25) is 0 Å². The van der Waals surface area contributed by atoms with E-state index >= 15 is 0 Å². The van der Waals surface area contributed by atoms with Crippen LogP contribution >= 0.6 is 0 Å². The average Bonchev–Trinajstić information content (AvgIpc) is 2.68. The van der Waals surface area contributed by atoms with Crippen LogP contribution in [0.15, 0.2) is 67.0 Å². The fourth-order valence-electron chi connectivity index (χ4n) is 3.60. The minimum Gasteiger partial charge on any atom is -0.339 e. The number of carbonyl (C=O) groups excluding carboxylic acids is 1. The molecule has 0 unspecified atom stereocenters. The van der Waals surface area contributed by atoms with E-state index in [1.54, 1.807) is 6.20 Å². The van der Waals surface area contributed by atoms with Gasteiger partial charge in [-0.25, -0.2) is 0 Å². The van der Waals surface area contributed by atoms with Crippen LogP contribution in [0.2, 0.25) is 0 Å². The SMILES string of the molecule is O=C(c1cncc2ccccc12)N1CCC(c2ccccc2)CC1. The number of carbonyl (C=O) groups is 1. The van der Waals surface area contributed by atoms with E-state index in [0.29, 0.717) is 11.5 Å². The molecule has 3 heteroatoms. The molecule has 4 rings (SSSR count). The molecule has 1 aliphatic rings. The lowest BCUT2D eigenvalue weighted by atomic mass is 9.89. The third kappa shape index (κ3) is 2.78. The summed E-state index contributed by atoms with van der Waals surface area (Å²) in [6, 6.07) is 18.6. The van der Waals surface area contributed by atoms with Crippen LogP contribution in [0.3, 0.4) is 0 Å². The van der Waals surface area contributed by atoms with Gasteiger partial charge in [-0.2, -0.15) is 0 Å². The quantitative estimate of drug-likeness (QED) is 0.708. The number of rotatable bonds is 2. The molecule has 1 aliphatic heterocycles. The number of nitrogens with zero attached hydrogens (tertiary/aromatic N) is 2. The van der Waals surface area contributed by atoms with Crippen molar-refractivity contribution in [2.75, 3.05) is 13.1 Å². The molecule has 3 aromatic rings. The fraction of sp³-hybridized carbons (Fsp3) is 0.238. The van der Waals surface area contributed by atoms with Gasteiger partial charge in [-0.1, -0.05) is 54.6 Å². The van der Waals surface area contributed by atoms with Crippen molar-refractivity contribution in [1.82, 2.24) is 9.88 Å². The van der Waals surface area contributed by atoms with Gasteiger partial charge in [-0.15, -0.1) is 0 Å². The summed E-state index contributed by atoms with van der Waals surface area (Å²) in [5.74, 6) is 0.659. The predicted octanol–water partition coefficient (Wildman–Crippen LogP) is 4.25. The lowest BCUT2D eigenvalue weighted by Gasteiger charge is -2.32. The van der Waals surface area contributed by atoms with Gasteiger partial charge in [0.15, 0.2) is 0 Å². The molecule has 0 saturated carbocycles. The molecule has 1 aromatic heterocycles. The molecule has 120 valence electrons. The molecule has 0 bridgehead atoms. The van der Waals surface area contributed by atoms with Crippen LogP contribution in [0.1, 0.15) is 34.7 Å². The Morgan fingerprint density at radius 3 is 2.42 bits per heavy atom. The Morgan fingerprint density at radius 1 is 0.917 bits per heavy atom. The number of hydrogen-bond acceptors (Lipinski definition) is 2. The van der Waals surface area contributed by atoms with Crippen LogP contribution in [0.5, 0.6) is 0 Å². The van der Waals surface area contributed by atoms with Crippen molar-refractivity contribution >= 4 is 16.7 Å². The highest BCUT2D eigenvalue weighted by Crippen LogP contribution is 2.29. The van der Waals surface area contributed by atoms with Gasteiger partial charge in [0, 0.05) is 30.9 Å². The van der Waals surface area contributed by atoms with E-state index in [2.05, 4.69) is 35.3 Å². The van der Waals surface area contributed by atoms with Crippen LogP contribution in [0.25, 0.3) is 10.8 Å². The number of likely N-dealkylation sites (tertiary alicyclic amines) is 1. The largest absolute Gasteiger partial charge is 0.339 e. The molecule has 1 amide bonds. The van der Waals surface area contributed by atoms with Crippen LogP contribution in [-0.2, 0) is 0 Å². The molecule has 24 heavy (non-hydrogen) atoms. The van der Waals surface area contributed by atoms with Crippen LogP contribution < -0.4 is 0 Å². The molecule has 1 saturated heterocycles. The van der Waals surface area contributed by atoms with Gasteiger partial charge in [-0.3, -0.25) is 9.78 Å². The van der Waals surface area contributed by atoms with Crippen LogP contribution in [0.4, 0.5) is 0 Å². The smallest absolute Gasteiger partial charge is 0.256 e. The Labute approximate surface area is 141 Å². The summed E-state index contributed by atoms with van der Waals surface area (Å²) >= 11 is 0. The molecule has 2 aromatic carbocycles. The second kappa shape index (κ2) is 6.44. The molecule has 0 radical (unpaired) electrons. The lowest BCUT2D eigenvalue weighted by molar-refractivity contribution is 0.0714. The van der Waals surface area contributed by atoms with Crippen molar-refractivity contribution < 1.29 is 4.79 Å². The maximum Gasteiger partial charge on any atom is 0.256 e. The van der Waals surface area contributed by atoms with E-state index in [0.717, 1.165) is 36.7 Å². The first-order valence-electron chi connectivity index (χ1n) is 8.50. The number of aromatic nitrogens is 1. The Morgan fingerprint density at radius 2 is 1.62 bits per heavy atom. The molecular weight excluding hydrogens is 296 g/mol. The van der Waals surface area contributed by atoms with Crippen molar-refractivity contribution in [2.24, 2.45) is 0 Å². The number of piperidine rings is 1. The maximum atomic E-state index is 12.9. The van der Waals surface area contributed by atoms with E-state index in [9.17, 15) is 4.79 Å². The summed E-state index contributed by atoms with van der Waals surface area (Å²) < 4.78 is 0. The third-order valence-electron chi connectivity index (χ3n) is 4.95. The molecule has 0 aliphatic carbocycles. The normalized spacial score (nSPS) is 15.6. The molecule has 1 fully saturated rings. The molecule has 0 spiro atoms. The fourth-order valence-corrected chi connectivity index (χ4v) is 3.60. The van der Waals surface area contributed by atoms with Gasteiger partial charge in [-0.05, 0) is 29.7 Å². The van der Waals surface area contributed by atoms with Gasteiger partial charge in [0.1, 0.15) is 0 Å². The number of benzene rings is 2. The van der Waals surface area contributed by atoms with Gasteiger partial charge >= 0.3 is 0 Å². The molecular formula is C21H20N2O. The summed E-state index contributed by atoms with van der Waals surface area (Å²) in [4.78, 5) is 19.2. The highest BCUT2D eigenvalue weighted by molar-refractivity contribution is 6.06. The average molecular weight is 316 g/mol. The number of pyridine rings is 1. The number of fused-ring (bicyclic) bond motifs is 1. The zero-order valence-corrected chi connectivity index (χ0v) is 13.6. The van der Waals surface area contributed by atoms with Crippen LogP contribution in [0, 0.1) is 0 Å². The third-order valence-corrected chi connectivity index (χ3v) is 4.95. The molecule has 2 heterocycles. The Balaban J connectivity index is 1.52. The summed E-state index contributed by atoms with van der Waals surface area (Å²) in [6.45, 7) is 1.61. The van der Waals surface area contributed by atoms with E-state index in [1.165, 1.54) is 5.56 Å².